The van der Waals surface area contributed by atoms with Crippen LogP contribution in [0.2, 0.25) is 0 Å². The fraction of sp³-hybridized carbons (Fsp3) is 0.397. The number of benzene rings is 5. The smallest absolute Gasteiger partial charge is 0.294 e. The number of hydrogen-bond acceptors (Lipinski definition) is 1. The Morgan fingerprint density at radius 2 is 1.30 bits per heavy atom. The normalized spacial score (nSPS) is 22.7. The molecule has 5 aromatic carbocycles. The second-order valence-electron chi connectivity index (χ2n) is 20.6. The van der Waals surface area contributed by atoms with Gasteiger partial charge in [0.25, 0.3) is 5.82 Å². The largest absolute Gasteiger partial charge is 0.456 e. The lowest BCUT2D eigenvalue weighted by Crippen LogP contribution is -2.79. The van der Waals surface area contributed by atoms with Crippen LogP contribution < -0.4 is 13.5 Å². The average Bonchev–Trinajstić information content (AvgIpc) is 4.07. The summed E-state index contributed by atoms with van der Waals surface area (Å²) in [6.45, 7) is 29.8. The van der Waals surface area contributed by atoms with Gasteiger partial charge in [0.15, 0.2) is 23.8 Å². The van der Waals surface area contributed by atoms with Gasteiger partial charge in [0.05, 0.1) is 5.56 Å². The highest BCUT2D eigenvalue weighted by Crippen LogP contribution is 2.59. The van der Waals surface area contributed by atoms with Gasteiger partial charge in [-0.3, -0.25) is 0 Å². The summed E-state index contributed by atoms with van der Waals surface area (Å²) in [5, 5.41) is 2.41. The van der Waals surface area contributed by atoms with Crippen molar-refractivity contribution in [1.29, 1.82) is 0 Å². The van der Waals surface area contributed by atoms with Gasteiger partial charge in [-0.1, -0.05) is 149 Å². The van der Waals surface area contributed by atoms with E-state index in [1.807, 2.05) is 0 Å². The number of quaternary nitrogens is 2. The molecule has 4 aliphatic rings. The summed E-state index contributed by atoms with van der Waals surface area (Å²) in [5.41, 5.74) is 16.0. The number of aromatic nitrogens is 2. The quantitative estimate of drug-likeness (QED) is 0.0940. The molecule has 0 radical (unpaired) electrons. The van der Waals surface area contributed by atoms with E-state index in [1.165, 1.54) is 72.6 Å². The van der Waals surface area contributed by atoms with Gasteiger partial charge >= 0.3 is 0 Å². The minimum atomic E-state index is -0.0823. The second-order valence-corrected chi connectivity index (χ2v) is 20.6. The molecule has 1 saturated heterocycles. The van der Waals surface area contributed by atoms with Crippen molar-refractivity contribution < 1.29 is 8.98 Å². The minimum Gasteiger partial charge on any atom is -0.456 e. The molecule has 0 spiro atoms. The monoisotopic (exact) mass is 838 g/mol. The lowest BCUT2D eigenvalue weighted by atomic mass is 9.62. The number of furan rings is 1. The first-order valence-corrected chi connectivity index (χ1v) is 24.1. The Bertz CT molecular complexity index is 2910. The Kier molecular flexibility index (Phi) is 9.89. The highest BCUT2D eigenvalue weighted by Gasteiger charge is 2.71. The molecule has 4 aliphatic heterocycles. The van der Waals surface area contributed by atoms with Crippen molar-refractivity contribution in [3.05, 3.63) is 155 Å². The summed E-state index contributed by atoms with van der Waals surface area (Å²) in [6.07, 6.45) is 12.4. The molecule has 1 fully saturated rings. The molecular formula is C58H69N4O+3. The predicted octanol–water partition coefficient (Wildman–Crippen LogP) is 15.4. The van der Waals surface area contributed by atoms with Crippen molar-refractivity contribution in [2.24, 2.45) is 0 Å². The maximum atomic E-state index is 6.84. The number of fused-ring (bicyclic) bond motifs is 6. The predicted molar refractivity (Wildman–Crippen MR) is 265 cm³/mol. The van der Waals surface area contributed by atoms with E-state index in [0.717, 1.165) is 39.6 Å². The molecule has 5 nitrogen and oxygen atoms in total. The number of para-hydroxylation sites is 3. The van der Waals surface area contributed by atoms with Crippen LogP contribution in [-0.2, 0) is 5.41 Å². The van der Waals surface area contributed by atoms with Crippen LogP contribution in [0.5, 0.6) is 0 Å². The fourth-order valence-electron chi connectivity index (χ4n) is 13.1. The molecule has 2 bridgehead atoms. The van der Waals surface area contributed by atoms with Crippen molar-refractivity contribution >= 4 is 33.3 Å². The Balaban J connectivity index is 1.17. The summed E-state index contributed by atoms with van der Waals surface area (Å²) in [5.74, 6) is 2.95. The van der Waals surface area contributed by atoms with Crippen LogP contribution in [0.4, 0.5) is 11.4 Å². The first-order chi connectivity index (χ1) is 30.3. The Morgan fingerprint density at radius 1 is 0.683 bits per heavy atom. The van der Waals surface area contributed by atoms with E-state index in [2.05, 4.69) is 214 Å². The van der Waals surface area contributed by atoms with Crippen molar-refractivity contribution in [2.45, 2.75) is 143 Å². The first kappa shape index (κ1) is 41.8. The maximum absolute atomic E-state index is 6.84. The summed E-state index contributed by atoms with van der Waals surface area (Å²) in [7, 11) is 0. The molecule has 5 unspecified atom stereocenters. The van der Waals surface area contributed by atoms with Crippen LogP contribution in [0.1, 0.15) is 165 Å². The van der Waals surface area contributed by atoms with Gasteiger partial charge in [0.2, 0.25) is 12.8 Å². The fourth-order valence-corrected chi connectivity index (χ4v) is 13.1. The third kappa shape index (κ3) is 5.64. The minimum absolute atomic E-state index is 0.0823. The number of hydrogen-bond donors (Lipinski definition) is 0. The third-order valence-corrected chi connectivity index (χ3v) is 16.3. The lowest BCUT2D eigenvalue weighted by molar-refractivity contribution is -0.727. The summed E-state index contributed by atoms with van der Waals surface area (Å²) in [4.78, 5) is 0. The number of nitrogens with zero attached hydrogens (tertiary/aromatic N) is 4. The van der Waals surface area contributed by atoms with E-state index in [-0.39, 0.29) is 23.3 Å². The van der Waals surface area contributed by atoms with E-state index >= 15 is 0 Å². The molecule has 5 heteroatoms. The van der Waals surface area contributed by atoms with Gasteiger partial charge in [-0.2, -0.15) is 13.5 Å². The lowest BCUT2D eigenvalue weighted by Gasteiger charge is -2.54. The number of rotatable bonds is 11. The van der Waals surface area contributed by atoms with Gasteiger partial charge in [-0.05, 0) is 60.3 Å². The first-order valence-electron chi connectivity index (χ1n) is 24.1. The van der Waals surface area contributed by atoms with E-state index in [1.54, 1.807) is 0 Å². The standard InChI is InChI=1S/C58H69N4O/c1-13-58(14-2)49-27-18-15-24-46(49)57-59(53-47(38(7)8)34-48-45-23-17-20-29-51(45)63-55(48)52(53)39(9)10)30-31-60(57)56(58)40(11)44-22-16-19-28-50(44)61-32-33-62(35-61,41(61)12)54-42(36(3)4)25-21-26-43(54)37(5)6/h15-34,36-41,56H,13-14,35H2,1-12H3/q+3. The van der Waals surface area contributed by atoms with Crippen LogP contribution in [0.3, 0.4) is 0 Å². The second kappa shape index (κ2) is 14.9. The average molecular weight is 838 g/mol. The van der Waals surface area contributed by atoms with Gasteiger partial charge in [-0.15, -0.1) is 0 Å². The Labute approximate surface area is 376 Å². The third-order valence-electron chi connectivity index (χ3n) is 16.3. The topological polar surface area (TPSA) is 21.9 Å². The maximum Gasteiger partial charge on any atom is 0.294 e. The van der Waals surface area contributed by atoms with Crippen LogP contribution >= 0.6 is 0 Å². The Hall–Kier alpha value is -5.23. The van der Waals surface area contributed by atoms with Gasteiger partial charge in [-0.25, -0.2) is 4.57 Å². The molecule has 0 amide bonds. The van der Waals surface area contributed by atoms with Crippen molar-refractivity contribution in [1.82, 2.24) is 13.5 Å². The summed E-state index contributed by atoms with van der Waals surface area (Å²) < 4.78 is 13.9. The van der Waals surface area contributed by atoms with E-state index in [9.17, 15) is 0 Å². The van der Waals surface area contributed by atoms with Crippen LogP contribution in [0, 0.1) is 0 Å². The summed E-state index contributed by atoms with van der Waals surface area (Å²) in [6, 6.07) is 37.1. The molecule has 2 aromatic heterocycles. The zero-order chi connectivity index (χ0) is 44.3. The zero-order valence-corrected chi connectivity index (χ0v) is 39.9. The zero-order valence-electron chi connectivity index (χ0n) is 39.9. The highest BCUT2D eigenvalue weighted by molar-refractivity contribution is 6.07. The van der Waals surface area contributed by atoms with Crippen molar-refractivity contribution in [2.75, 3.05) is 6.67 Å². The summed E-state index contributed by atoms with van der Waals surface area (Å²) >= 11 is 0. The molecule has 7 aromatic rings. The molecule has 0 aliphatic carbocycles. The van der Waals surface area contributed by atoms with E-state index < -0.39 is 0 Å². The molecule has 6 heterocycles. The van der Waals surface area contributed by atoms with E-state index in [0.29, 0.717) is 23.9 Å². The van der Waals surface area contributed by atoms with Crippen LogP contribution in [-0.4, -0.2) is 17.4 Å². The Morgan fingerprint density at radius 3 is 1.97 bits per heavy atom. The highest BCUT2D eigenvalue weighted by atomic mass is 16.3. The van der Waals surface area contributed by atoms with Gasteiger partial charge in [0, 0.05) is 62.9 Å². The molecule has 0 N–H and O–H groups in total. The molecule has 5 atom stereocenters. The molecule has 11 rings (SSSR count). The van der Waals surface area contributed by atoms with Crippen LogP contribution in [0.25, 0.3) is 39.0 Å². The van der Waals surface area contributed by atoms with Crippen LogP contribution in [0.15, 0.2) is 126 Å². The molecule has 63 heavy (non-hydrogen) atoms. The number of imidazole rings is 1. The molecule has 0 saturated carbocycles. The van der Waals surface area contributed by atoms with Crippen molar-refractivity contribution in [3.63, 3.8) is 0 Å². The van der Waals surface area contributed by atoms with Gasteiger partial charge < -0.3 is 4.42 Å². The SMILES string of the molecule is CCC1(CC)c2ccccc2-c2n(-c3c(C(C)C)cc4c(oc5ccccc54)c3C(C)C)cc[n+]2C1C(C)c1ccccc1[N+]12C=C[N+](c3c(C(C)C)cccc3C(C)C)(C1)C2C. The van der Waals surface area contributed by atoms with Crippen molar-refractivity contribution in [3.8, 4) is 17.1 Å². The molecular weight excluding hydrogens is 769 g/mol. The molecule has 324 valence electrons. The van der Waals surface area contributed by atoms with E-state index in [4.69, 9.17) is 4.42 Å². The van der Waals surface area contributed by atoms with Gasteiger partial charge in [0.1, 0.15) is 35.3 Å².